The maximum absolute atomic E-state index is 2.52. The van der Waals surface area contributed by atoms with Gasteiger partial charge in [-0.2, -0.15) is 11.8 Å². The number of piperazine rings is 1. The minimum Gasteiger partial charge on any atom is -0.300 e. The van der Waals surface area contributed by atoms with Crippen LogP contribution in [0.4, 0.5) is 0 Å². The average Bonchev–Trinajstić information content (AvgIpc) is 2.45. The van der Waals surface area contributed by atoms with Gasteiger partial charge in [-0.25, -0.2) is 0 Å². The number of rotatable bonds is 0. The van der Waals surface area contributed by atoms with E-state index in [1.54, 1.807) is 0 Å². The standard InChI is InChI=1S/C8H16N2S/c1-9-3-4-10(2)8-6-11-5-7(8)9/h7-8H,3-6H2,1-2H3. The van der Waals surface area contributed by atoms with Crippen LogP contribution >= 0.6 is 11.8 Å². The SMILES string of the molecule is CN1CCN(C)C2CSCC21. The second kappa shape index (κ2) is 2.96. The van der Waals surface area contributed by atoms with E-state index in [1.165, 1.54) is 24.6 Å². The van der Waals surface area contributed by atoms with Gasteiger partial charge in [0.25, 0.3) is 0 Å². The molecular formula is C8H16N2S. The molecule has 0 aliphatic carbocycles. The lowest BCUT2D eigenvalue weighted by molar-refractivity contribution is 0.0831. The molecule has 0 spiro atoms. The van der Waals surface area contributed by atoms with Crippen molar-refractivity contribution in [3.8, 4) is 0 Å². The molecule has 2 fully saturated rings. The second-order valence-electron chi connectivity index (χ2n) is 3.63. The zero-order valence-electron chi connectivity index (χ0n) is 7.29. The molecule has 2 unspecified atom stereocenters. The first-order valence-corrected chi connectivity index (χ1v) is 5.43. The maximum Gasteiger partial charge on any atom is 0.0347 e. The zero-order chi connectivity index (χ0) is 7.84. The number of likely N-dealkylation sites (N-methyl/N-ethyl adjacent to an activating group) is 2. The third-order valence-electron chi connectivity index (χ3n) is 2.96. The predicted octanol–water partition coefficient (Wildman–Crippen LogP) is 0.348. The molecule has 0 saturated carbocycles. The fourth-order valence-corrected chi connectivity index (χ4v) is 3.59. The molecule has 2 rings (SSSR count). The molecule has 64 valence electrons. The summed E-state index contributed by atoms with van der Waals surface area (Å²) >= 11 is 2.10. The van der Waals surface area contributed by atoms with E-state index in [4.69, 9.17) is 0 Å². The van der Waals surface area contributed by atoms with Gasteiger partial charge in [0, 0.05) is 36.7 Å². The molecule has 0 aromatic carbocycles. The fourth-order valence-electron chi connectivity index (χ4n) is 2.02. The monoisotopic (exact) mass is 172 g/mol. The van der Waals surface area contributed by atoms with Crippen LogP contribution in [0.15, 0.2) is 0 Å². The van der Waals surface area contributed by atoms with Crippen molar-refractivity contribution in [2.24, 2.45) is 0 Å². The largest absolute Gasteiger partial charge is 0.300 e. The van der Waals surface area contributed by atoms with Gasteiger partial charge < -0.3 is 0 Å². The van der Waals surface area contributed by atoms with E-state index in [0.717, 1.165) is 12.1 Å². The van der Waals surface area contributed by atoms with Crippen LogP contribution < -0.4 is 0 Å². The topological polar surface area (TPSA) is 6.48 Å². The molecule has 2 saturated heterocycles. The summed E-state index contributed by atoms with van der Waals surface area (Å²) in [5.74, 6) is 2.68. The van der Waals surface area contributed by atoms with Crippen molar-refractivity contribution in [3.63, 3.8) is 0 Å². The number of fused-ring (bicyclic) bond motifs is 1. The van der Waals surface area contributed by atoms with Crippen molar-refractivity contribution in [1.29, 1.82) is 0 Å². The van der Waals surface area contributed by atoms with Crippen molar-refractivity contribution in [2.45, 2.75) is 12.1 Å². The highest BCUT2D eigenvalue weighted by atomic mass is 32.2. The van der Waals surface area contributed by atoms with Gasteiger partial charge in [0.2, 0.25) is 0 Å². The van der Waals surface area contributed by atoms with Crippen LogP contribution in [0.3, 0.4) is 0 Å². The molecular weight excluding hydrogens is 156 g/mol. The molecule has 0 bridgehead atoms. The Balaban J connectivity index is 2.08. The number of thioether (sulfide) groups is 1. The number of hydrogen-bond donors (Lipinski definition) is 0. The Morgan fingerprint density at radius 3 is 1.91 bits per heavy atom. The van der Waals surface area contributed by atoms with Gasteiger partial charge in [0.15, 0.2) is 0 Å². The summed E-state index contributed by atoms with van der Waals surface area (Å²) in [6, 6.07) is 1.66. The highest BCUT2D eigenvalue weighted by Crippen LogP contribution is 2.27. The highest BCUT2D eigenvalue weighted by molar-refractivity contribution is 7.99. The molecule has 0 N–H and O–H groups in total. The third kappa shape index (κ3) is 1.30. The Labute approximate surface area is 72.9 Å². The average molecular weight is 172 g/mol. The molecule has 2 atom stereocenters. The van der Waals surface area contributed by atoms with Crippen molar-refractivity contribution in [3.05, 3.63) is 0 Å². The van der Waals surface area contributed by atoms with Crippen molar-refractivity contribution >= 4 is 11.8 Å². The fraction of sp³-hybridized carbons (Fsp3) is 1.00. The van der Waals surface area contributed by atoms with Crippen LogP contribution in [-0.4, -0.2) is 60.6 Å². The van der Waals surface area contributed by atoms with E-state index in [-0.39, 0.29) is 0 Å². The normalized spacial score (nSPS) is 40.9. The first-order chi connectivity index (χ1) is 5.29. The molecule has 0 aromatic rings. The summed E-state index contributed by atoms with van der Waals surface area (Å²) in [7, 11) is 4.52. The minimum absolute atomic E-state index is 0.832. The Morgan fingerprint density at radius 1 is 1.00 bits per heavy atom. The Kier molecular flexibility index (Phi) is 2.12. The van der Waals surface area contributed by atoms with Gasteiger partial charge in [-0.3, -0.25) is 9.80 Å². The van der Waals surface area contributed by atoms with E-state index in [9.17, 15) is 0 Å². The second-order valence-corrected chi connectivity index (χ2v) is 4.71. The van der Waals surface area contributed by atoms with Crippen molar-refractivity contribution in [1.82, 2.24) is 9.80 Å². The highest BCUT2D eigenvalue weighted by Gasteiger charge is 2.36. The van der Waals surface area contributed by atoms with E-state index >= 15 is 0 Å². The minimum atomic E-state index is 0.832. The van der Waals surface area contributed by atoms with Gasteiger partial charge in [-0.1, -0.05) is 0 Å². The number of hydrogen-bond acceptors (Lipinski definition) is 3. The third-order valence-corrected chi connectivity index (χ3v) is 4.11. The van der Waals surface area contributed by atoms with Crippen LogP contribution in [0.5, 0.6) is 0 Å². The van der Waals surface area contributed by atoms with E-state index in [0.29, 0.717) is 0 Å². The summed E-state index contributed by atoms with van der Waals surface area (Å²) in [5.41, 5.74) is 0. The van der Waals surface area contributed by atoms with Gasteiger partial charge in [-0.05, 0) is 14.1 Å². The van der Waals surface area contributed by atoms with Crippen LogP contribution in [0.25, 0.3) is 0 Å². The van der Waals surface area contributed by atoms with Crippen molar-refractivity contribution in [2.75, 3.05) is 38.7 Å². The quantitative estimate of drug-likeness (QED) is 0.520. The summed E-state index contributed by atoms with van der Waals surface area (Å²) in [5, 5.41) is 0. The molecule has 0 radical (unpaired) electrons. The molecule has 2 heterocycles. The number of nitrogens with zero attached hydrogens (tertiary/aromatic N) is 2. The predicted molar refractivity (Wildman–Crippen MR) is 50.2 cm³/mol. The van der Waals surface area contributed by atoms with Crippen LogP contribution in [0, 0.1) is 0 Å². The van der Waals surface area contributed by atoms with E-state index in [1.807, 2.05) is 0 Å². The maximum atomic E-state index is 2.52. The van der Waals surface area contributed by atoms with E-state index in [2.05, 4.69) is 35.7 Å². The summed E-state index contributed by atoms with van der Waals surface area (Å²) in [6.45, 7) is 2.50. The van der Waals surface area contributed by atoms with Crippen molar-refractivity contribution < 1.29 is 0 Å². The molecule has 2 nitrogen and oxygen atoms in total. The molecule has 0 amide bonds. The van der Waals surface area contributed by atoms with Crippen LogP contribution in [0.2, 0.25) is 0 Å². The molecule has 2 aliphatic rings. The summed E-state index contributed by atoms with van der Waals surface area (Å²) < 4.78 is 0. The lowest BCUT2D eigenvalue weighted by atomic mass is 10.1. The van der Waals surface area contributed by atoms with Gasteiger partial charge in [0.05, 0.1) is 0 Å². The molecule has 2 aliphatic heterocycles. The van der Waals surface area contributed by atoms with Gasteiger partial charge >= 0.3 is 0 Å². The Hall–Kier alpha value is 0.270. The first kappa shape index (κ1) is 7.90. The zero-order valence-corrected chi connectivity index (χ0v) is 8.10. The molecule has 3 heteroatoms. The van der Waals surface area contributed by atoms with Crippen LogP contribution in [-0.2, 0) is 0 Å². The first-order valence-electron chi connectivity index (χ1n) is 4.27. The van der Waals surface area contributed by atoms with E-state index < -0.39 is 0 Å². The summed E-state index contributed by atoms with van der Waals surface area (Å²) in [4.78, 5) is 5.04. The lowest BCUT2D eigenvalue weighted by Crippen LogP contribution is -2.56. The smallest absolute Gasteiger partial charge is 0.0347 e. The Morgan fingerprint density at radius 2 is 1.45 bits per heavy atom. The lowest BCUT2D eigenvalue weighted by Gasteiger charge is -2.40. The Bertz CT molecular complexity index is 135. The molecule has 11 heavy (non-hydrogen) atoms. The van der Waals surface area contributed by atoms with Crippen LogP contribution in [0.1, 0.15) is 0 Å². The van der Waals surface area contributed by atoms with Gasteiger partial charge in [0.1, 0.15) is 0 Å². The van der Waals surface area contributed by atoms with Gasteiger partial charge in [-0.15, -0.1) is 0 Å². The summed E-state index contributed by atoms with van der Waals surface area (Å²) in [6.07, 6.45) is 0. The molecule has 0 aromatic heterocycles.